The SMILES string of the molecule is Cc1cc(S(=O)(=O)N2C[C@@H](O)[C@@H](O)C2)c(C)s1. The highest BCUT2D eigenvalue weighted by Crippen LogP contribution is 2.29. The van der Waals surface area contributed by atoms with Crippen molar-refractivity contribution in [2.75, 3.05) is 13.1 Å². The summed E-state index contributed by atoms with van der Waals surface area (Å²) in [5, 5.41) is 18.8. The molecule has 0 unspecified atom stereocenters. The Hall–Kier alpha value is -0.470. The summed E-state index contributed by atoms with van der Waals surface area (Å²) in [6.07, 6.45) is -1.99. The van der Waals surface area contributed by atoms with E-state index in [1.807, 2.05) is 6.92 Å². The van der Waals surface area contributed by atoms with Gasteiger partial charge >= 0.3 is 0 Å². The summed E-state index contributed by atoms with van der Waals surface area (Å²) in [7, 11) is -3.59. The first kappa shape index (κ1) is 13.0. The van der Waals surface area contributed by atoms with Gasteiger partial charge in [0.15, 0.2) is 0 Å². The van der Waals surface area contributed by atoms with Gasteiger partial charge in [-0.1, -0.05) is 0 Å². The Morgan fingerprint density at radius 3 is 2.24 bits per heavy atom. The maximum Gasteiger partial charge on any atom is 0.244 e. The third kappa shape index (κ3) is 2.25. The zero-order valence-corrected chi connectivity index (χ0v) is 11.3. The van der Waals surface area contributed by atoms with Gasteiger partial charge in [0.1, 0.15) is 0 Å². The van der Waals surface area contributed by atoms with Crippen molar-refractivity contribution in [3.8, 4) is 0 Å². The third-order valence-electron chi connectivity index (χ3n) is 2.84. The number of thiophene rings is 1. The van der Waals surface area contributed by atoms with Gasteiger partial charge < -0.3 is 10.2 Å². The van der Waals surface area contributed by atoms with Crippen LogP contribution in [0.15, 0.2) is 11.0 Å². The molecule has 0 spiro atoms. The van der Waals surface area contributed by atoms with Crippen LogP contribution in [0, 0.1) is 13.8 Å². The second-order valence-electron chi connectivity index (χ2n) is 4.23. The average molecular weight is 277 g/mol. The number of aliphatic hydroxyl groups is 2. The van der Waals surface area contributed by atoms with Gasteiger partial charge in [-0.25, -0.2) is 8.42 Å². The van der Waals surface area contributed by atoms with Crippen molar-refractivity contribution in [2.24, 2.45) is 0 Å². The quantitative estimate of drug-likeness (QED) is 0.803. The largest absolute Gasteiger partial charge is 0.389 e. The van der Waals surface area contributed by atoms with E-state index in [0.29, 0.717) is 0 Å². The molecule has 7 heteroatoms. The van der Waals surface area contributed by atoms with Gasteiger partial charge in [0.2, 0.25) is 10.0 Å². The van der Waals surface area contributed by atoms with E-state index in [-0.39, 0.29) is 18.0 Å². The van der Waals surface area contributed by atoms with Gasteiger partial charge in [0, 0.05) is 22.8 Å². The minimum atomic E-state index is -3.59. The van der Waals surface area contributed by atoms with E-state index in [2.05, 4.69) is 0 Å². The molecule has 1 fully saturated rings. The molecular formula is C10H15NO4S2. The molecule has 1 aromatic rings. The first-order valence-corrected chi connectivity index (χ1v) is 7.51. The molecule has 2 N–H and O–H groups in total. The summed E-state index contributed by atoms with van der Waals surface area (Å²) in [6.45, 7) is 3.52. The Kier molecular flexibility index (Phi) is 3.30. The lowest BCUT2D eigenvalue weighted by atomic mass is 10.3. The van der Waals surface area contributed by atoms with Gasteiger partial charge in [-0.2, -0.15) is 4.31 Å². The van der Waals surface area contributed by atoms with Crippen molar-refractivity contribution in [1.82, 2.24) is 4.31 Å². The molecular weight excluding hydrogens is 262 g/mol. The van der Waals surface area contributed by atoms with Crippen LogP contribution in [0.25, 0.3) is 0 Å². The molecule has 0 bridgehead atoms. The number of aliphatic hydroxyl groups excluding tert-OH is 2. The molecule has 2 rings (SSSR count). The van der Waals surface area contributed by atoms with Crippen LogP contribution in [-0.4, -0.2) is 48.2 Å². The predicted molar refractivity (Wildman–Crippen MR) is 64.6 cm³/mol. The third-order valence-corrected chi connectivity index (χ3v) is 5.89. The second-order valence-corrected chi connectivity index (χ2v) is 7.60. The van der Waals surface area contributed by atoms with Crippen LogP contribution in [0.1, 0.15) is 9.75 Å². The number of rotatable bonds is 2. The van der Waals surface area contributed by atoms with E-state index in [0.717, 1.165) is 14.1 Å². The minimum absolute atomic E-state index is 0.0438. The van der Waals surface area contributed by atoms with E-state index in [9.17, 15) is 18.6 Å². The molecule has 0 aromatic carbocycles. The van der Waals surface area contributed by atoms with Crippen molar-refractivity contribution < 1.29 is 18.6 Å². The number of nitrogens with zero attached hydrogens (tertiary/aromatic N) is 1. The molecule has 5 nitrogen and oxygen atoms in total. The van der Waals surface area contributed by atoms with Gasteiger partial charge in [-0.3, -0.25) is 0 Å². The summed E-state index contributed by atoms with van der Waals surface area (Å²) >= 11 is 1.43. The van der Waals surface area contributed by atoms with Crippen LogP contribution in [0.2, 0.25) is 0 Å². The molecule has 1 aliphatic rings. The zero-order valence-electron chi connectivity index (χ0n) is 9.62. The highest BCUT2D eigenvalue weighted by Gasteiger charge is 2.38. The van der Waals surface area contributed by atoms with Gasteiger partial charge in [-0.15, -0.1) is 11.3 Å². The number of hydrogen-bond acceptors (Lipinski definition) is 5. The van der Waals surface area contributed by atoms with Crippen molar-refractivity contribution >= 4 is 21.4 Å². The molecule has 0 aliphatic carbocycles. The van der Waals surface area contributed by atoms with Gasteiger partial charge in [0.25, 0.3) is 0 Å². The molecule has 0 saturated carbocycles. The molecule has 2 heterocycles. The van der Waals surface area contributed by atoms with Crippen molar-refractivity contribution in [3.05, 3.63) is 15.8 Å². The maximum absolute atomic E-state index is 12.3. The Morgan fingerprint density at radius 1 is 1.29 bits per heavy atom. The lowest BCUT2D eigenvalue weighted by Crippen LogP contribution is -2.30. The fourth-order valence-electron chi connectivity index (χ4n) is 1.93. The van der Waals surface area contributed by atoms with E-state index in [4.69, 9.17) is 0 Å². The fraction of sp³-hybridized carbons (Fsp3) is 0.600. The first-order chi connectivity index (χ1) is 7.82. The van der Waals surface area contributed by atoms with Crippen molar-refractivity contribution in [3.63, 3.8) is 0 Å². The van der Waals surface area contributed by atoms with Crippen LogP contribution >= 0.6 is 11.3 Å². The van der Waals surface area contributed by atoms with E-state index in [1.54, 1.807) is 13.0 Å². The summed E-state index contributed by atoms with van der Waals surface area (Å²) in [6, 6.07) is 1.63. The molecule has 17 heavy (non-hydrogen) atoms. The monoisotopic (exact) mass is 277 g/mol. The van der Waals surface area contributed by atoms with E-state index >= 15 is 0 Å². The van der Waals surface area contributed by atoms with Crippen LogP contribution in [0.4, 0.5) is 0 Å². The number of hydrogen-bond donors (Lipinski definition) is 2. The maximum atomic E-state index is 12.3. The standard InChI is InChI=1S/C10H15NO4S2/c1-6-3-10(7(2)16-6)17(14,15)11-4-8(12)9(13)5-11/h3,8-9,12-13H,4-5H2,1-2H3/t8-,9+. The lowest BCUT2D eigenvalue weighted by molar-refractivity contribution is 0.0572. The summed E-state index contributed by atoms with van der Waals surface area (Å²) < 4.78 is 25.7. The lowest BCUT2D eigenvalue weighted by Gasteiger charge is -2.15. The molecule has 1 aliphatic heterocycles. The van der Waals surface area contributed by atoms with Gasteiger partial charge in [-0.05, 0) is 19.9 Å². The molecule has 0 radical (unpaired) electrons. The van der Waals surface area contributed by atoms with Gasteiger partial charge in [0.05, 0.1) is 17.1 Å². The number of aryl methyl sites for hydroxylation is 2. The molecule has 1 aromatic heterocycles. The Balaban J connectivity index is 2.35. The predicted octanol–water partition coefficient (Wildman–Crippen LogP) is 0.0910. The van der Waals surface area contributed by atoms with E-state index in [1.165, 1.54) is 11.3 Å². The topological polar surface area (TPSA) is 77.8 Å². The summed E-state index contributed by atoms with van der Waals surface area (Å²) in [4.78, 5) is 1.95. The molecule has 1 saturated heterocycles. The minimum Gasteiger partial charge on any atom is -0.389 e. The highest BCUT2D eigenvalue weighted by atomic mass is 32.2. The first-order valence-electron chi connectivity index (χ1n) is 5.25. The molecule has 2 atom stereocenters. The number of sulfonamides is 1. The Bertz CT molecular complexity index is 512. The molecule has 96 valence electrons. The normalized spacial score (nSPS) is 26.6. The van der Waals surface area contributed by atoms with Crippen LogP contribution in [0.3, 0.4) is 0 Å². The average Bonchev–Trinajstić information content (AvgIpc) is 2.72. The summed E-state index contributed by atoms with van der Waals surface area (Å²) in [5.41, 5.74) is 0. The Labute approximate surface area is 104 Å². The highest BCUT2D eigenvalue weighted by molar-refractivity contribution is 7.89. The van der Waals surface area contributed by atoms with E-state index < -0.39 is 22.2 Å². The fourth-order valence-corrected chi connectivity index (χ4v) is 4.93. The second kappa shape index (κ2) is 4.33. The Morgan fingerprint density at radius 2 is 1.82 bits per heavy atom. The number of β-amino-alcohol motifs (C(OH)–C–C–N with tert-alkyl or cyclic N) is 2. The van der Waals surface area contributed by atoms with Crippen LogP contribution < -0.4 is 0 Å². The van der Waals surface area contributed by atoms with Crippen LogP contribution in [-0.2, 0) is 10.0 Å². The summed E-state index contributed by atoms with van der Waals surface area (Å²) in [5.74, 6) is 0. The van der Waals surface area contributed by atoms with Crippen molar-refractivity contribution in [1.29, 1.82) is 0 Å². The van der Waals surface area contributed by atoms with Crippen molar-refractivity contribution in [2.45, 2.75) is 31.0 Å². The van der Waals surface area contributed by atoms with Crippen LogP contribution in [0.5, 0.6) is 0 Å². The zero-order chi connectivity index (χ0) is 12.8. The smallest absolute Gasteiger partial charge is 0.244 e. The molecule has 0 amide bonds.